The number of piperidine rings is 1. The van der Waals surface area contributed by atoms with Gasteiger partial charge in [0, 0.05) is 57.2 Å². The van der Waals surface area contributed by atoms with Gasteiger partial charge in [0.05, 0.1) is 12.3 Å². The Morgan fingerprint density at radius 1 is 0.971 bits per heavy atom. The zero-order valence-electron chi connectivity index (χ0n) is 21.5. The lowest BCUT2D eigenvalue weighted by molar-refractivity contribution is 0.0240. The van der Waals surface area contributed by atoms with Crippen molar-refractivity contribution in [1.29, 1.82) is 0 Å². The molecule has 9 heteroatoms. The standard InChI is InChI=1S/C25H40N4O4S/c1-24(2,3)33-23(30)27-16-19-15-25(4,5)22(18-27)29(17-19)21-9-7-20(8-10-21)26-11-13-28(14-12-26)34(6,31)32/h7-10,19,22H,11-18H2,1-6H3. The second-order valence-corrected chi connectivity index (χ2v) is 13.8. The van der Waals surface area contributed by atoms with Crippen LogP contribution in [-0.4, -0.2) is 87.4 Å². The van der Waals surface area contributed by atoms with Gasteiger partial charge in [-0.3, -0.25) is 0 Å². The van der Waals surface area contributed by atoms with E-state index in [-0.39, 0.29) is 17.6 Å². The SMILES string of the molecule is CC(C)(C)OC(=O)N1CC2CN(c3ccc(N4CCN(S(C)(=O)=O)CC4)cc3)C(C1)C(C)(C)C2. The van der Waals surface area contributed by atoms with E-state index in [0.29, 0.717) is 38.6 Å². The fourth-order valence-electron chi connectivity index (χ4n) is 5.73. The van der Waals surface area contributed by atoms with Gasteiger partial charge in [-0.2, -0.15) is 4.31 Å². The Morgan fingerprint density at radius 3 is 2.12 bits per heavy atom. The van der Waals surface area contributed by atoms with Crippen LogP contribution in [0.3, 0.4) is 0 Å². The van der Waals surface area contributed by atoms with Crippen molar-refractivity contribution < 1.29 is 17.9 Å². The van der Waals surface area contributed by atoms with Crippen molar-refractivity contribution in [1.82, 2.24) is 9.21 Å². The second kappa shape index (κ2) is 8.90. The summed E-state index contributed by atoms with van der Waals surface area (Å²) in [5.74, 6) is 0.394. The number of carbonyl (C=O) groups is 1. The third-order valence-electron chi connectivity index (χ3n) is 7.33. The summed E-state index contributed by atoms with van der Waals surface area (Å²) in [6.07, 6.45) is 2.15. The maximum atomic E-state index is 12.9. The number of hydrogen-bond donors (Lipinski definition) is 0. The Bertz CT molecular complexity index is 995. The lowest BCUT2D eigenvalue weighted by Gasteiger charge is -2.48. The quantitative estimate of drug-likeness (QED) is 0.645. The number of anilines is 2. The molecule has 34 heavy (non-hydrogen) atoms. The summed E-state index contributed by atoms with van der Waals surface area (Å²) in [6.45, 7) is 15.1. The van der Waals surface area contributed by atoms with Gasteiger partial charge in [-0.1, -0.05) is 13.8 Å². The zero-order valence-corrected chi connectivity index (χ0v) is 22.3. The number of fused-ring (bicyclic) bond motifs is 4. The summed E-state index contributed by atoms with van der Waals surface area (Å²) >= 11 is 0. The highest BCUT2D eigenvalue weighted by Crippen LogP contribution is 2.43. The first-order valence-electron chi connectivity index (χ1n) is 12.3. The van der Waals surface area contributed by atoms with E-state index in [0.717, 1.165) is 25.2 Å². The number of rotatable bonds is 3. The van der Waals surface area contributed by atoms with Crippen LogP contribution in [0.1, 0.15) is 41.0 Å². The van der Waals surface area contributed by atoms with E-state index in [2.05, 4.69) is 47.9 Å². The Balaban J connectivity index is 1.48. The molecule has 0 aliphatic carbocycles. The monoisotopic (exact) mass is 492 g/mol. The van der Waals surface area contributed by atoms with E-state index in [1.165, 1.54) is 11.9 Å². The van der Waals surface area contributed by atoms with Crippen LogP contribution in [0.25, 0.3) is 0 Å². The van der Waals surface area contributed by atoms with Crippen LogP contribution < -0.4 is 9.80 Å². The van der Waals surface area contributed by atoms with Gasteiger partial charge >= 0.3 is 6.09 Å². The Labute approximate surface area is 204 Å². The highest BCUT2D eigenvalue weighted by molar-refractivity contribution is 7.88. The Morgan fingerprint density at radius 2 is 1.56 bits per heavy atom. The van der Waals surface area contributed by atoms with E-state index in [1.807, 2.05) is 25.7 Å². The van der Waals surface area contributed by atoms with Gasteiger partial charge in [0.1, 0.15) is 5.60 Å². The summed E-state index contributed by atoms with van der Waals surface area (Å²) in [4.78, 5) is 19.5. The van der Waals surface area contributed by atoms with E-state index < -0.39 is 15.6 Å². The first-order chi connectivity index (χ1) is 15.7. The van der Waals surface area contributed by atoms with Gasteiger partial charge in [0.2, 0.25) is 10.0 Å². The highest BCUT2D eigenvalue weighted by Gasteiger charge is 2.47. The molecule has 1 aromatic carbocycles. The lowest BCUT2D eigenvalue weighted by Crippen LogP contribution is -2.54. The zero-order chi connectivity index (χ0) is 24.9. The maximum Gasteiger partial charge on any atom is 0.410 e. The van der Waals surface area contributed by atoms with Crippen LogP contribution in [0.2, 0.25) is 0 Å². The average Bonchev–Trinajstić information content (AvgIpc) is 2.99. The summed E-state index contributed by atoms with van der Waals surface area (Å²) in [5, 5.41) is 0. The second-order valence-electron chi connectivity index (χ2n) is 11.8. The molecular formula is C25H40N4O4S. The number of hydrogen-bond acceptors (Lipinski definition) is 6. The molecule has 0 radical (unpaired) electrons. The first-order valence-corrected chi connectivity index (χ1v) is 14.1. The minimum atomic E-state index is -3.13. The minimum absolute atomic E-state index is 0.0837. The van der Waals surface area contributed by atoms with Gasteiger partial charge in [0.15, 0.2) is 0 Å². The van der Waals surface area contributed by atoms with Crippen molar-refractivity contribution in [2.75, 3.05) is 61.9 Å². The lowest BCUT2D eigenvalue weighted by atomic mass is 9.73. The van der Waals surface area contributed by atoms with E-state index in [4.69, 9.17) is 4.74 Å². The molecule has 0 saturated carbocycles. The predicted molar refractivity (Wildman–Crippen MR) is 136 cm³/mol. The van der Waals surface area contributed by atoms with Crippen molar-refractivity contribution in [3.05, 3.63) is 24.3 Å². The Kier molecular flexibility index (Phi) is 6.57. The fourth-order valence-corrected chi connectivity index (χ4v) is 6.56. The van der Waals surface area contributed by atoms with Crippen molar-refractivity contribution in [3.63, 3.8) is 0 Å². The molecule has 8 nitrogen and oxygen atoms in total. The van der Waals surface area contributed by atoms with Crippen LogP contribution in [0.5, 0.6) is 0 Å². The molecule has 4 aliphatic heterocycles. The first kappa shape index (κ1) is 25.1. The molecule has 0 spiro atoms. The number of sulfonamides is 1. The molecule has 190 valence electrons. The Hall–Kier alpha value is -2.00. The van der Waals surface area contributed by atoms with Crippen LogP contribution in [0.15, 0.2) is 24.3 Å². The molecule has 4 aliphatic rings. The van der Waals surface area contributed by atoms with Crippen molar-refractivity contribution in [2.45, 2.75) is 52.7 Å². The predicted octanol–water partition coefficient (Wildman–Crippen LogP) is 3.24. The van der Waals surface area contributed by atoms with Gasteiger partial charge in [-0.05, 0) is 62.8 Å². The third kappa shape index (κ3) is 5.46. The van der Waals surface area contributed by atoms with E-state index >= 15 is 0 Å². The van der Waals surface area contributed by atoms with Crippen molar-refractivity contribution >= 4 is 27.5 Å². The molecule has 2 atom stereocenters. The molecule has 4 fully saturated rings. The smallest absolute Gasteiger partial charge is 0.410 e. The van der Waals surface area contributed by atoms with Crippen molar-refractivity contribution in [3.8, 4) is 0 Å². The van der Waals surface area contributed by atoms with E-state index in [9.17, 15) is 13.2 Å². The molecule has 4 saturated heterocycles. The molecule has 5 rings (SSSR count). The van der Waals surface area contributed by atoms with Crippen LogP contribution in [-0.2, 0) is 14.8 Å². The van der Waals surface area contributed by atoms with Gasteiger partial charge < -0.3 is 19.4 Å². The molecule has 4 heterocycles. The number of benzene rings is 1. The normalized spacial score (nSPS) is 25.9. The van der Waals surface area contributed by atoms with E-state index in [1.54, 1.807) is 4.31 Å². The maximum absolute atomic E-state index is 12.9. The number of nitrogens with zero attached hydrogens (tertiary/aromatic N) is 4. The molecule has 2 bridgehead atoms. The summed E-state index contributed by atoms with van der Waals surface area (Å²) in [6, 6.07) is 8.84. The molecule has 1 aromatic rings. The topological polar surface area (TPSA) is 73.4 Å². The van der Waals surface area contributed by atoms with Gasteiger partial charge in [-0.25, -0.2) is 13.2 Å². The summed E-state index contributed by atoms with van der Waals surface area (Å²) in [5.41, 5.74) is 1.87. The van der Waals surface area contributed by atoms with Gasteiger partial charge in [0.25, 0.3) is 0 Å². The minimum Gasteiger partial charge on any atom is -0.444 e. The largest absolute Gasteiger partial charge is 0.444 e. The van der Waals surface area contributed by atoms with Gasteiger partial charge in [-0.15, -0.1) is 0 Å². The number of ether oxygens (including phenoxy) is 1. The molecule has 1 amide bonds. The molecular weight excluding hydrogens is 452 g/mol. The molecule has 0 aromatic heterocycles. The number of amides is 1. The third-order valence-corrected chi connectivity index (χ3v) is 8.63. The highest BCUT2D eigenvalue weighted by atomic mass is 32.2. The molecule has 0 N–H and O–H groups in total. The number of piperazine rings is 1. The van der Waals surface area contributed by atoms with Crippen molar-refractivity contribution in [2.24, 2.45) is 11.3 Å². The van der Waals surface area contributed by atoms with Crippen LogP contribution in [0.4, 0.5) is 16.2 Å². The average molecular weight is 493 g/mol. The summed E-state index contributed by atoms with van der Waals surface area (Å²) in [7, 11) is -3.13. The number of carbonyl (C=O) groups excluding carboxylic acids is 1. The van der Waals surface area contributed by atoms with Crippen LogP contribution in [0, 0.1) is 11.3 Å². The fraction of sp³-hybridized carbons (Fsp3) is 0.720. The van der Waals surface area contributed by atoms with Crippen LogP contribution >= 0.6 is 0 Å². The summed E-state index contributed by atoms with van der Waals surface area (Å²) < 4.78 is 30.8. The molecule has 2 unspecified atom stereocenters.